The van der Waals surface area contributed by atoms with Crippen molar-refractivity contribution < 1.29 is 0 Å². The Labute approximate surface area is 158 Å². The molecule has 1 aromatic carbocycles. The summed E-state index contributed by atoms with van der Waals surface area (Å²) < 4.78 is 0. The molecule has 132 valence electrons. The molecule has 0 spiro atoms. The Kier molecular flexibility index (Phi) is 5.27. The van der Waals surface area contributed by atoms with Gasteiger partial charge in [-0.1, -0.05) is 12.1 Å². The Balaban J connectivity index is 1.52. The summed E-state index contributed by atoms with van der Waals surface area (Å²) in [6.45, 7) is 0.864. The van der Waals surface area contributed by atoms with Gasteiger partial charge in [-0.3, -0.25) is 4.98 Å². The molecular formula is C21H22N4S. The fraction of sp³-hybridized carbons (Fsp3) is 0.286. The molecule has 5 heteroatoms. The van der Waals surface area contributed by atoms with E-state index in [2.05, 4.69) is 45.8 Å². The van der Waals surface area contributed by atoms with Crippen LogP contribution in [-0.4, -0.2) is 21.2 Å². The highest BCUT2D eigenvalue weighted by Gasteiger charge is 2.22. The van der Waals surface area contributed by atoms with E-state index in [4.69, 9.17) is 4.98 Å². The zero-order valence-electron chi connectivity index (χ0n) is 14.9. The third kappa shape index (κ3) is 3.79. The van der Waals surface area contributed by atoms with Crippen LogP contribution in [0.4, 0.5) is 0 Å². The molecule has 1 aliphatic rings. The van der Waals surface area contributed by atoms with Crippen LogP contribution in [0.5, 0.6) is 0 Å². The van der Waals surface area contributed by atoms with Crippen LogP contribution in [0.3, 0.4) is 0 Å². The molecule has 0 fully saturated rings. The normalized spacial score (nSPS) is 16.3. The van der Waals surface area contributed by atoms with Gasteiger partial charge in [0.2, 0.25) is 0 Å². The van der Waals surface area contributed by atoms with Crippen LogP contribution >= 0.6 is 11.8 Å². The molecule has 0 amide bonds. The average Bonchev–Trinajstić information content (AvgIpc) is 2.72. The molecule has 1 N–H and O–H groups in total. The molecule has 0 unspecified atom stereocenters. The van der Waals surface area contributed by atoms with Gasteiger partial charge in [-0.05, 0) is 55.3 Å². The third-order valence-electron chi connectivity index (χ3n) is 4.79. The van der Waals surface area contributed by atoms with Crippen LogP contribution in [0.15, 0.2) is 59.9 Å². The predicted octanol–water partition coefficient (Wildman–Crippen LogP) is 4.43. The minimum absolute atomic E-state index is 0.319. The number of rotatable bonds is 5. The lowest BCUT2D eigenvalue weighted by molar-refractivity contribution is 0.452. The molecule has 4 nitrogen and oxygen atoms in total. The fourth-order valence-corrected chi connectivity index (χ4v) is 3.90. The Morgan fingerprint density at radius 3 is 3.00 bits per heavy atom. The van der Waals surface area contributed by atoms with Crippen LogP contribution in [0.2, 0.25) is 0 Å². The highest BCUT2D eigenvalue weighted by Crippen LogP contribution is 2.30. The molecular weight excluding hydrogens is 340 g/mol. The largest absolute Gasteiger partial charge is 0.306 e. The highest BCUT2D eigenvalue weighted by molar-refractivity contribution is 7.98. The molecule has 1 atom stereocenters. The second-order valence-corrected chi connectivity index (χ2v) is 7.39. The lowest BCUT2D eigenvalue weighted by Gasteiger charge is -2.26. The summed E-state index contributed by atoms with van der Waals surface area (Å²) in [7, 11) is 0. The lowest BCUT2D eigenvalue weighted by Crippen LogP contribution is -2.26. The quantitative estimate of drug-likeness (QED) is 0.681. The van der Waals surface area contributed by atoms with Gasteiger partial charge in [0.1, 0.15) is 0 Å². The van der Waals surface area contributed by atoms with E-state index >= 15 is 0 Å². The molecule has 4 rings (SSSR count). The lowest BCUT2D eigenvalue weighted by atomic mass is 9.92. The van der Waals surface area contributed by atoms with Gasteiger partial charge in [0.15, 0.2) is 5.82 Å². The summed E-state index contributed by atoms with van der Waals surface area (Å²) in [4.78, 5) is 14.9. The highest BCUT2D eigenvalue weighted by atomic mass is 32.2. The number of benzene rings is 1. The third-order valence-corrected chi connectivity index (χ3v) is 5.51. The standard InChI is InChI=1S/C21H22N4S/c1-26-17-7-2-5-15(11-17)12-23-19-8-3-9-20-18(19)14-24-21(25-20)16-6-4-10-22-13-16/h2,4-7,10-11,13-14,19,23H,3,8-9,12H2,1H3/t19-/m0/s1. The molecule has 26 heavy (non-hydrogen) atoms. The summed E-state index contributed by atoms with van der Waals surface area (Å²) in [6.07, 6.45) is 11.0. The SMILES string of the molecule is CSc1cccc(CN[C@H]2CCCc3nc(-c4cccnc4)ncc32)c1. The number of hydrogen-bond acceptors (Lipinski definition) is 5. The van der Waals surface area contributed by atoms with Crippen molar-refractivity contribution in [1.29, 1.82) is 0 Å². The van der Waals surface area contributed by atoms with Gasteiger partial charge >= 0.3 is 0 Å². The van der Waals surface area contributed by atoms with E-state index in [1.165, 1.54) is 21.7 Å². The zero-order valence-corrected chi connectivity index (χ0v) is 15.7. The first kappa shape index (κ1) is 17.2. The van der Waals surface area contributed by atoms with Crippen molar-refractivity contribution in [2.45, 2.75) is 36.7 Å². The van der Waals surface area contributed by atoms with E-state index in [0.29, 0.717) is 6.04 Å². The summed E-state index contributed by atoms with van der Waals surface area (Å²) in [5.41, 5.74) is 4.70. The van der Waals surface area contributed by atoms with Gasteiger partial charge in [0.05, 0.1) is 0 Å². The number of aromatic nitrogens is 3. The van der Waals surface area contributed by atoms with Crippen LogP contribution < -0.4 is 5.32 Å². The molecule has 2 heterocycles. The maximum absolute atomic E-state index is 4.82. The Bertz CT molecular complexity index is 882. The maximum atomic E-state index is 4.82. The van der Waals surface area contributed by atoms with Crippen LogP contribution in [0.1, 0.15) is 35.7 Å². The molecule has 0 saturated heterocycles. The minimum atomic E-state index is 0.319. The topological polar surface area (TPSA) is 50.7 Å². The number of fused-ring (bicyclic) bond motifs is 1. The summed E-state index contributed by atoms with van der Waals surface area (Å²) in [5, 5.41) is 3.70. The fourth-order valence-electron chi connectivity index (χ4n) is 3.42. The van der Waals surface area contributed by atoms with Gasteiger partial charge in [0, 0.05) is 52.9 Å². The van der Waals surface area contributed by atoms with Crippen molar-refractivity contribution in [2.75, 3.05) is 6.26 Å². The van der Waals surface area contributed by atoms with E-state index in [1.807, 2.05) is 24.5 Å². The number of nitrogens with zero attached hydrogens (tertiary/aromatic N) is 3. The zero-order chi connectivity index (χ0) is 17.8. The van der Waals surface area contributed by atoms with Crippen molar-refractivity contribution in [3.05, 3.63) is 71.8 Å². The molecule has 2 aromatic heterocycles. The monoisotopic (exact) mass is 362 g/mol. The van der Waals surface area contributed by atoms with Gasteiger partial charge in [-0.25, -0.2) is 9.97 Å². The summed E-state index contributed by atoms with van der Waals surface area (Å²) in [5.74, 6) is 0.769. The smallest absolute Gasteiger partial charge is 0.160 e. The second kappa shape index (κ2) is 7.98. The van der Waals surface area contributed by atoms with Crippen molar-refractivity contribution >= 4 is 11.8 Å². The van der Waals surface area contributed by atoms with Gasteiger partial charge in [0.25, 0.3) is 0 Å². The molecule has 3 aromatic rings. The number of nitrogens with one attached hydrogen (secondary N) is 1. The molecule has 0 aliphatic heterocycles. The van der Waals surface area contributed by atoms with E-state index < -0.39 is 0 Å². The molecule has 0 radical (unpaired) electrons. The maximum Gasteiger partial charge on any atom is 0.160 e. The molecule has 0 bridgehead atoms. The first-order chi connectivity index (χ1) is 12.8. The number of thioether (sulfide) groups is 1. The van der Waals surface area contributed by atoms with E-state index in [1.54, 1.807) is 18.0 Å². The number of aryl methyl sites for hydroxylation is 1. The van der Waals surface area contributed by atoms with Crippen molar-refractivity contribution in [1.82, 2.24) is 20.3 Å². The molecule has 1 aliphatic carbocycles. The van der Waals surface area contributed by atoms with Crippen LogP contribution in [0.25, 0.3) is 11.4 Å². The predicted molar refractivity (Wildman–Crippen MR) is 106 cm³/mol. The van der Waals surface area contributed by atoms with Crippen molar-refractivity contribution in [2.24, 2.45) is 0 Å². The minimum Gasteiger partial charge on any atom is -0.306 e. The van der Waals surface area contributed by atoms with Crippen molar-refractivity contribution in [3.8, 4) is 11.4 Å². The number of pyridine rings is 1. The van der Waals surface area contributed by atoms with E-state index in [-0.39, 0.29) is 0 Å². The number of hydrogen-bond donors (Lipinski definition) is 1. The van der Waals surface area contributed by atoms with Gasteiger partial charge < -0.3 is 5.32 Å². The van der Waals surface area contributed by atoms with Crippen LogP contribution in [-0.2, 0) is 13.0 Å². The first-order valence-electron chi connectivity index (χ1n) is 8.96. The van der Waals surface area contributed by atoms with Crippen molar-refractivity contribution in [3.63, 3.8) is 0 Å². The van der Waals surface area contributed by atoms with Crippen LogP contribution in [0, 0.1) is 0 Å². The van der Waals surface area contributed by atoms with E-state index in [9.17, 15) is 0 Å². The second-order valence-electron chi connectivity index (χ2n) is 6.51. The van der Waals surface area contributed by atoms with Gasteiger partial charge in [-0.15, -0.1) is 11.8 Å². The first-order valence-corrected chi connectivity index (χ1v) is 10.2. The Hall–Kier alpha value is -2.24. The van der Waals surface area contributed by atoms with E-state index in [0.717, 1.165) is 37.2 Å². The summed E-state index contributed by atoms with van der Waals surface area (Å²) >= 11 is 1.78. The average molecular weight is 363 g/mol. The Morgan fingerprint density at radius 1 is 1.19 bits per heavy atom. The Morgan fingerprint density at radius 2 is 2.15 bits per heavy atom. The summed E-state index contributed by atoms with van der Waals surface area (Å²) in [6, 6.07) is 13.0. The molecule has 0 saturated carbocycles. The van der Waals surface area contributed by atoms with Gasteiger partial charge in [-0.2, -0.15) is 0 Å².